The van der Waals surface area contributed by atoms with Crippen molar-refractivity contribution in [3.05, 3.63) is 29.1 Å². The number of benzene rings is 1. The van der Waals surface area contributed by atoms with Gasteiger partial charge in [-0.2, -0.15) is 11.8 Å². The van der Waals surface area contributed by atoms with Crippen molar-refractivity contribution in [1.29, 1.82) is 0 Å². The summed E-state index contributed by atoms with van der Waals surface area (Å²) in [4.78, 5) is 2.10. The average Bonchev–Trinajstić information content (AvgIpc) is 2.31. The summed E-state index contributed by atoms with van der Waals surface area (Å²) in [5.41, 5.74) is 2.16. The zero-order valence-corrected chi connectivity index (χ0v) is 12.5. The van der Waals surface area contributed by atoms with Gasteiger partial charge in [0, 0.05) is 30.1 Å². The Kier molecular flexibility index (Phi) is 5.47. The van der Waals surface area contributed by atoms with Gasteiger partial charge < -0.3 is 10.0 Å². The lowest BCUT2D eigenvalue weighted by Gasteiger charge is -2.30. The SMILES string of the molecule is CSCC(C)N(C)c1cc(C)c(F)cc1C(C)O. The summed E-state index contributed by atoms with van der Waals surface area (Å²) < 4.78 is 13.6. The number of thioether (sulfide) groups is 1. The standard InChI is InChI=1S/C14H22FNOS/c1-9-6-14(16(4)10(2)8-18-5)12(11(3)17)7-13(9)15/h6-7,10-11,17H,8H2,1-5H3. The molecule has 0 saturated heterocycles. The van der Waals surface area contributed by atoms with E-state index in [9.17, 15) is 9.50 Å². The molecule has 0 aromatic heterocycles. The van der Waals surface area contributed by atoms with Crippen LogP contribution < -0.4 is 4.90 Å². The van der Waals surface area contributed by atoms with Gasteiger partial charge in [0.1, 0.15) is 5.82 Å². The highest BCUT2D eigenvalue weighted by atomic mass is 32.2. The van der Waals surface area contributed by atoms with Gasteiger partial charge in [0.15, 0.2) is 0 Å². The summed E-state index contributed by atoms with van der Waals surface area (Å²) in [6.45, 7) is 5.54. The smallest absolute Gasteiger partial charge is 0.126 e. The highest BCUT2D eigenvalue weighted by molar-refractivity contribution is 7.98. The van der Waals surface area contributed by atoms with Gasteiger partial charge in [0.05, 0.1) is 6.10 Å². The fourth-order valence-electron chi connectivity index (χ4n) is 1.91. The first-order valence-corrected chi connectivity index (χ1v) is 7.47. The first-order valence-electron chi connectivity index (χ1n) is 6.08. The molecule has 0 heterocycles. The second-order valence-corrected chi connectivity index (χ2v) is 5.66. The van der Waals surface area contributed by atoms with Gasteiger partial charge in [-0.05, 0) is 44.7 Å². The van der Waals surface area contributed by atoms with E-state index in [4.69, 9.17) is 0 Å². The Morgan fingerprint density at radius 2 is 2.00 bits per heavy atom. The van der Waals surface area contributed by atoms with Crippen LogP contribution in [0.2, 0.25) is 0 Å². The van der Waals surface area contributed by atoms with Gasteiger partial charge in [0.25, 0.3) is 0 Å². The Labute approximate surface area is 113 Å². The van der Waals surface area contributed by atoms with Gasteiger partial charge >= 0.3 is 0 Å². The molecule has 2 unspecified atom stereocenters. The van der Waals surface area contributed by atoms with Crippen LogP contribution in [0.15, 0.2) is 12.1 Å². The van der Waals surface area contributed by atoms with E-state index in [1.165, 1.54) is 6.07 Å². The molecule has 0 aliphatic carbocycles. The summed E-state index contributed by atoms with van der Waals surface area (Å²) in [5, 5.41) is 9.78. The Bertz CT molecular complexity index is 409. The Morgan fingerprint density at radius 3 is 2.50 bits per heavy atom. The van der Waals surface area contributed by atoms with Gasteiger partial charge in [-0.3, -0.25) is 0 Å². The summed E-state index contributed by atoms with van der Waals surface area (Å²) in [5.74, 6) is 0.729. The van der Waals surface area contributed by atoms with Gasteiger partial charge in [-0.25, -0.2) is 4.39 Å². The molecule has 1 rings (SSSR count). The molecule has 0 aliphatic heterocycles. The number of anilines is 1. The molecule has 0 amide bonds. The number of halogens is 1. The molecular formula is C14H22FNOS. The monoisotopic (exact) mass is 271 g/mol. The van der Waals surface area contributed by atoms with Gasteiger partial charge in [-0.1, -0.05) is 0 Å². The molecule has 18 heavy (non-hydrogen) atoms. The van der Waals surface area contributed by atoms with E-state index in [0.717, 1.165) is 11.4 Å². The summed E-state index contributed by atoms with van der Waals surface area (Å²) in [6, 6.07) is 3.59. The largest absolute Gasteiger partial charge is 0.389 e. The Morgan fingerprint density at radius 1 is 1.39 bits per heavy atom. The normalized spacial score (nSPS) is 14.4. The van der Waals surface area contributed by atoms with Crippen LogP contribution in [-0.2, 0) is 0 Å². The molecule has 2 atom stereocenters. The third kappa shape index (κ3) is 3.39. The molecule has 1 aromatic carbocycles. The minimum Gasteiger partial charge on any atom is -0.389 e. The molecule has 0 spiro atoms. The molecule has 102 valence electrons. The van der Waals surface area contributed by atoms with Crippen LogP contribution in [0.25, 0.3) is 0 Å². The third-order valence-corrected chi connectivity index (χ3v) is 4.02. The van der Waals surface area contributed by atoms with Crippen molar-refractivity contribution in [1.82, 2.24) is 0 Å². The van der Waals surface area contributed by atoms with Crippen molar-refractivity contribution in [2.24, 2.45) is 0 Å². The molecule has 0 radical (unpaired) electrons. The summed E-state index contributed by atoms with van der Waals surface area (Å²) in [6.07, 6.45) is 1.40. The maximum Gasteiger partial charge on any atom is 0.126 e. The first kappa shape index (κ1) is 15.3. The van der Waals surface area contributed by atoms with E-state index >= 15 is 0 Å². The quantitative estimate of drug-likeness (QED) is 0.888. The first-order chi connectivity index (χ1) is 8.38. The predicted molar refractivity (Wildman–Crippen MR) is 78.0 cm³/mol. The number of hydrogen-bond acceptors (Lipinski definition) is 3. The molecule has 0 bridgehead atoms. The molecule has 1 N–H and O–H groups in total. The van der Waals surface area contributed by atoms with E-state index in [0.29, 0.717) is 17.2 Å². The number of aryl methyl sites for hydroxylation is 1. The van der Waals surface area contributed by atoms with Crippen LogP contribution in [0, 0.1) is 12.7 Å². The van der Waals surface area contributed by atoms with Crippen LogP contribution in [0.4, 0.5) is 10.1 Å². The van der Waals surface area contributed by atoms with Crippen molar-refractivity contribution >= 4 is 17.4 Å². The lowest BCUT2D eigenvalue weighted by Crippen LogP contribution is -2.32. The van der Waals surface area contributed by atoms with Crippen LogP contribution >= 0.6 is 11.8 Å². The van der Waals surface area contributed by atoms with Gasteiger partial charge in [-0.15, -0.1) is 0 Å². The summed E-state index contributed by atoms with van der Waals surface area (Å²) >= 11 is 1.78. The highest BCUT2D eigenvalue weighted by Crippen LogP contribution is 2.30. The van der Waals surface area contributed by atoms with Crippen molar-refractivity contribution in [2.75, 3.05) is 24.0 Å². The molecule has 4 heteroatoms. The fourth-order valence-corrected chi connectivity index (χ4v) is 2.62. The van der Waals surface area contributed by atoms with Crippen LogP contribution in [0.3, 0.4) is 0 Å². The van der Waals surface area contributed by atoms with E-state index in [-0.39, 0.29) is 5.82 Å². The number of nitrogens with zero attached hydrogens (tertiary/aromatic N) is 1. The van der Waals surface area contributed by atoms with Crippen LogP contribution in [-0.4, -0.2) is 30.2 Å². The zero-order chi connectivity index (χ0) is 13.9. The highest BCUT2D eigenvalue weighted by Gasteiger charge is 2.18. The van der Waals surface area contributed by atoms with E-state index in [1.54, 1.807) is 25.6 Å². The maximum absolute atomic E-state index is 13.6. The van der Waals surface area contributed by atoms with Crippen LogP contribution in [0.5, 0.6) is 0 Å². The minimum absolute atomic E-state index is 0.263. The molecule has 0 saturated carbocycles. The topological polar surface area (TPSA) is 23.5 Å². The molecular weight excluding hydrogens is 249 g/mol. The van der Waals surface area contributed by atoms with E-state index in [2.05, 4.69) is 18.1 Å². The number of hydrogen-bond donors (Lipinski definition) is 1. The average molecular weight is 271 g/mol. The number of rotatable bonds is 5. The lowest BCUT2D eigenvalue weighted by atomic mass is 10.0. The minimum atomic E-state index is -0.668. The van der Waals surface area contributed by atoms with Gasteiger partial charge in [0.2, 0.25) is 0 Å². The maximum atomic E-state index is 13.6. The van der Waals surface area contributed by atoms with Crippen molar-refractivity contribution in [3.8, 4) is 0 Å². The van der Waals surface area contributed by atoms with Crippen molar-refractivity contribution in [2.45, 2.75) is 32.9 Å². The van der Waals surface area contributed by atoms with Crippen LogP contribution in [0.1, 0.15) is 31.1 Å². The fraction of sp³-hybridized carbons (Fsp3) is 0.571. The summed E-state index contributed by atoms with van der Waals surface area (Å²) in [7, 11) is 1.99. The van der Waals surface area contributed by atoms with E-state index < -0.39 is 6.10 Å². The molecule has 0 aliphatic rings. The lowest BCUT2D eigenvalue weighted by molar-refractivity contribution is 0.199. The Hall–Kier alpha value is -0.740. The predicted octanol–water partition coefficient (Wildman–Crippen LogP) is 3.38. The second-order valence-electron chi connectivity index (χ2n) is 4.75. The van der Waals surface area contributed by atoms with E-state index in [1.807, 2.05) is 13.1 Å². The third-order valence-electron chi connectivity index (χ3n) is 3.21. The number of aliphatic hydroxyl groups is 1. The zero-order valence-electron chi connectivity index (χ0n) is 11.7. The molecule has 1 aromatic rings. The van der Waals surface area contributed by atoms with Crippen molar-refractivity contribution in [3.63, 3.8) is 0 Å². The molecule has 0 fully saturated rings. The Balaban J connectivity index is 3.17. The second kappa shape index (κ2) is 6.43. The molecule has 2 nitrogen and oxygen atoms in total. The van der Waals surface area contributed by atoms with Crippen molar-refractivity contribution < 1.29 is 9.50 Å². The number of aliphatic hydroxyl groups excluding tert-OH is 1.